The second-order valence-corrected chi connectivity index (χ2v) is 17.4. The Morgan fingerprint density at radius 2 is 1.14 bits per heavy atom. The number of alkyl carbamates (subject to hydrolysis) is 1. The smallest absolute Gasteiger partial charge is 0.407 e. The van der Waals surface area contributed by atoms with Gasteiger partial charge in [-0.1, -0.05) is 152 Å². The summed E-state index contributed by atoms with van der Waals surface area (Å²) in [7, 11) is 0. The number of amides is 1. The lowest BCUT2D eigenvalue weighted by Gasteiger charge is -2.25. The summed E-state index contributed by atoms with van der Waals surface area (Å²) in [6.07, 6.45) is 17.8. The SMILES string of the molecule is CCCCCCCCCCCCCCCC(=O)OC[C@H](CSC[C@H](NC(=O)OCC1c2ccccc2-c2ccccc21)C(=O)OC(C)(C)C)OC(=O)CCCCC. The zero-order valence-electron chi connectivity index (χ0n) is 35.6. The molecule has 0 bridgehead atoms. The average molecular weight is 810 g/mol. The lowest BCUT2D eigenvalue weighted by atomic mass is 9.98. The Labute approximate surface area is 347 Å². The first kappa shape index (κ1) is 47.8. The molecule has 3 rings (SSSR count). The van der Waals surface area contributed by atoms with Crippen molar-refractivity contribution in [1.82, 2.24) is 5.32 Å². The van der Waals surface area contributed by atoms with Crippen LogP contribution in [0.15, 0.2) is 48.5 Å². The molecular formula is C47H71NO8S. The molecule has 0 unspecified atom stereocenters. The van der Waals surface area contributed by atoms with E-state index in [-0.39, 0.29) is 49.0 Å². The molecule has 0 aliphatic heterocycles. The summed E-state index contributed by atoms with van der Waals surface area (Å²) in [4.78, 5) is 51.9. The van der Waals surface area contributed by atoms with E-state index in [0.717, 1.165) is 60.8 Å². The minimum absolute atomic E-state index is 0.0687. The summed E-state index contributed by atoms with van der Waals surface area (Å²) in [6.45, 7) is 9.66. The van der Waals surface area contributed by atoms with Crippen molar-refractivity contribution in [3.05, 3.63) is 59.7 Å². The third kappa shape index (κ3) is 19.2. The van der Waals surface area contributed by atoms with Gasteiger partial charge < -0.3 is 24.3 Å². The highest BCUT2D eigenvalue weighted by Gasteiger charge is 2.31. The van der Waals surface area contributed by atoms with E-state index in [9.17, 15) is 19.2 Å². The molecule has 0 heterocycles. The van der Waals surface area contributed by atoms with Crippen LogP contribution in [-0.2, 0) is 33.3 Å². The number of rotatable bonds is 29. The number of thioether (sulfide) groups is 1. The predicted octanol–water partition coefficient (Wildman–Crippen LogP) is 11.5. The normalized spacial score (nSPS) is 13.3. The molecule has 2 aromatic carbocycles. The molecule has 2 atom stereocenters. The fourth-order valence-electron chi connectivity index (χ4n) is 7.07. The number of fused-ring (bicyclic) bond motifs is 3. The minimum Gasteiger partial charge on any atom is -0.462 e. The summed E-state index contributed by atoms with van der Waals surface area (Å²) in [5, 5.41) is 2.72. The van der Waals surface area contributed by atoms with E-state index in [1.54, 1.807) is 20.8 Å². The Kier molecular flexibility index (Phi) is 22.8. The van der Waals surface area contributed by atoms with Crippen LogP contribution in [0, 0.1) is 0 Å². The van der Waals surface area contributed by atoms with Crippen LogP contribution in [0.3, 0.4) is 0 Å². The van der Waals surface area contributed by atoms with Crippen molar-refractivity contribution < 1.29 is 38.1 Å². The fourth-order valence-corrected chi connectivity index (χ4v) is 8.09. The Hall–Kier alpha value is -3.53. The number of hydrogen-bond acceptors (Lipinski definition) is 9. The molecule has 0 fully saturated rings. The molecule has 0 radical (unpaired) electrons. The molecule has 57 heavy (non-hydrogen) atoms. The van der Waals surface area contributed by atoms with Gasteiger partial charge in [0, 0.05) is 30.3 Å². The monoisotopic (exact) mass is 809 g/mol. The van der Waals surface area contributed by atoms with Gasteiger partial charge in [-0.05, 0) is 55.9 Å². The lowest BCUT2D eigenvalue weighted by molar-refractivity contribution is -0.158. The lowest BCUT2D eigenvalue weighted by Crippen LogP contribution is -2.46. The van der Waals surface area contributed by atoms with Crippen molar-refractivity contribution >= 4 is 35.8 Å². The van der Waals surface area contributed by atoms with Gasteiger partial charge in [0.2, 0.25) is 0 Å². The zero-order valence-corrected chi connectivity index (χ0v) is 36.4. The van der Waals surface area contributed by atoms with Crippen LogP contribution >= 0.6 is 11.8 Å². The minimum atomic E-state index is -1.02. The number of benzene rings is 2. The molecule has 1 aliphatic rings. The van der Waals surface area contributed by atoms with E-state index in [2.05, 4.69) is 31.3 Å². The van der Waals surface area contributed by atoms with Crippen LogP contribution in [-0.4, -0.2) is 66.5 Å². The third-order valence-corrected chi connectivity index (χ3v) is 11.3. The predicted molar refractivity (Wildman–Crippen MR) is 230 cm³/mol. The van der Waals surface area contributed by atoms with Crippen molar-refractivity contribution in [3.8, 4) is 11.1 Å². The quantitative estimate of drug-likeness (QED) is 0.0487. The maximum atomic E-state index is 13.3. The molecule has 2 aromatic rings. The van der Waals surface area contributed by atoms with Crippen LogP contribution in [0.2, 0.25) is 0 Å². The van der Waals surface area contributed by atoms with Crippen LogP contribution in [0.25, 0.3) is 11.1 Å². The number of esters is 3. The van der Waals surface area contributed by atoms with E-state index in [1.807, 2.05) is 36.4 Å². The number of carbonyl (C=O) groups excluding carboxylic acids is 4. The molecule has 1 amide bonds. The highest BCUT2D eigenvalue weighted by molar-refractivity contribution is 7.99. The maximum Gasteiger partial charge on any atom is 0.407 e. The summed E-state index contributed by atoms with van der Waals surface area (Å²) < 4.78 is 22.7. The summed E-state index contributed by atoms with van der Waals surface area (Å²) in [6, 6.07) is 15.2. The van der Waals surface area contributed by atoms with Crippen LogP contribution < -0.4 is 5.32 Å². The van der Waals surface area contributed by atoms with E-state index < -0.39 is 29.8 Å². The average Bonchev–Trinajstić information content (AvgIpc) is 3.50. The summed E-state index contributed by atoms with van der Waals surface area (Å²) in [5.41, 5.74) is 3.64. The Morgan fingerprint density at radius 3 is 1.70 bits per heavy atom. The molecule has 9 nitrogen and oxygen atoms in total. The van der Waals surface area contributed by atoms with Crippen LogP contribution in [0.4, 0.5) is 4.79 Å². The first-order valence-electron chi connectivity index (χ1n) is 21.8. The number of ether oxygens (including phenoxy) is 4. The van der Waals surface area contributed by atoms with Gasteiger partial charge in [0.15, 0.2) is 0 Å². The molecule has 1 aliphatic carbocycles. The van der Waals surface area contributed by atoms with Gasteiger partial charge in [0.1, 0.15) is 31.0 Å². The number of unbranched alkanes of at least 4 members (excludes halogenated alkanes) is 14. The topological polar surface area (TPSA) is 117 Å². The third-order valence-electron chi connectivity index (χ3n) is 10.1. The zero-order chi connectivity index (χ0) is 41.3. The van der Waals surface area contributed by atoms with Crippen LogP contribution in [0.5, 0.6) is 0 Å². The van der Waals surface area contributed by atoms with Gasteiger partial charge in [0.25, 0.3) is 0 Å². The standard InChI is InChI=1S/C47H71NO8S/c1-6-8-10-11-12-13-14-15-16-17-18-19-21-30-43(49)53-32-36(55-44(50)31-20-9-7-2)34-57-35-42(45(51)56-47(3,4)5)48-46(52)54-33-41-39-28-24-22-26-37(39)38-27-23-25-29-40(38)41/h22-29,36,41-42H,6-21,30-35H2,1-5H3,(H,48,52)/t36-,42+/m1/s1. The molecule has 0 aromatic heterocycles. The molecule has 1 N–H and O–H groups in total. The van der Waals surface area contributed by atoms with Crippen molar-refractivity contribution in [2.24, 2.45) is 0 Å². The maximum absolute atomic E-state index is 13.3. The first-order valence-corrected chi connectivity index (χ1v) is 22.9. The summed E-state index contributed by atoms with van der Waals surface area (Å²) in [5.74, 6) is -0.980. The Bertz CT molecular complexity index is 1440. The van der Waals surface area contributed by atoms with E-state index in [0.29, 0.717) is 6.42 Å². The van der Waals surface area contributed by atoms with Crippen molar-refractivity contribution in [2.75, 3.05) is 24.7 Å². The van der Waals surface area contributed by atoms with Crippen LogP contribution in [0.1, 0.15) is 167 Å². The van der Waals surface area contributed by atoms with Gasteiger partial charge in [-0.25, -0.2) is 9.59 Å². The molecule has 0 saturated carbocycles. The van der Waals surface area contributed by atoms with Crippen molar-refractivity contribution in [1.29, 1.82) is 0 Å². The van der Waals surface area contributed by atoms with Crippen molar-refractivity contribution in [2.45, 2.75) is 174 Å². The van der Waals surface area contributed by atoms with E-state index >= 15 is 0 Å². The van der Waals surface area contributed by atoms with Gasteiger partial charge in [-0.3, -0.25) is 9.59 Å². The molecule has 0 spiro atoms. The molecular weight excluding hydrogens is 739 g/mol. The van der Waals surface area contributed by atoms with Crippen molar-refractivity contribution in [3.63, 3.8) is 0 Å². The molecule has 318 valence electrons. The highest BCUT2D eigenvalue weighted by Crippen LogP contribution is 2.44. The number of hydrogen-bond donors (Lipinski definition) is 1. The van der Waals surface area contributed by atoms with Gasteiger partial charge in [-0.2, -0.15) is 11.8 Å². The summed E-state index contributed by atoms with van der Waals surface area (Å²) >= 11 is 1.31. The highest BCUT2D eigenvalue weighted by atomic mass is 32.2. The number of carbonyl (C=O) groups is 4. The van der Waals surface area contributed by atoms with Gasteiger partial charge >= 0.3 is 24.0 Å². The Morgan fingerprint density at radius 1 is 0.649 bits per heavy atom. The first-order chi connectivity index (χ1) is 27.5. The Balaban J connectivity index is 1.47. The van der Waals surface area contributed by atoms with E-state index in [4.69, 9.17) is 18.9 Å². The van der Waals surface area contributed by atoms with Gasteiger partial charge in [0.05, 0.1) is 0 Å². The number of nitrogens with one attached hydrogen (secondary N) is 1. The molecule has 0 saturated heterocycles. The largest absolute Gasteiger partial charge is 0.462 e. The molecule has 10 heteroatoms. The second-order valence-electron chi connectivity index (χ2n) is 16.3. The second kappa shape index (κ2) is 27.2. The fraction of sp³-hybridized carbons (Fsp3) is 0.660. The van der Waals surface area contributed by atoms with Gasteiger partial charge in [-0.15, -0.1) is 0 Å². The van der Waals surface area contributed by atoms with E-state index in [1.165, 1.54) is 76.0 Å².